The van der Waals surface area contributed by atoms with Crippen molar-refractivity contribution in [1.29, 1.82) is 0 Å². The molecule has 3 rings (SSSR count). The van der Waals surface area contributed by atoms with E-state index >= 15 is 0 Å². The van der Waals surface area contributed by atoms with E-state index < -0.39 is 0 Å². The van der Waals surface area contributed by atoms with E-state index in [4.69, 9.17) is 16.3 Å². The van der Waals surface area contributed by atoms with Crippen molar-refractivity contribution in [2.75, 3.05) is 7.05 Å². The van der Waals surface area contributed by atoms with E-state index in [-0.39, 0.29) is 18.0 Å². The molecule has 0 radical (unpaired) electrons. The second kappa shape index (κ2) is 6.20. The Balaban J connectivity index is 1.76. The van der Waals surface area contributed by atoms with Gasteiger partial charge in [0, 0.05) is 30.0 Å². The summed E-state index contributed by atoms with van der Waals surface area (Å²) in [7, 11) is 2.16. The van der Waals surface area contributed by atoms with Crippen LogP contribution in [0, 0.1) is 5.92 Å². The number of hydrogen-bond donors (Lipinski definition) is 0. The van der Waals surface area contributed by atoms with Crippen molar-refractivity contribution in [1.82, 2.24) is 4.90 Å². The molecule has 3 nitrogen and oxygen atoms in total. The largest absolute Gasteiger partial charge is 0.458 e. The summed E-state index contributed by atoms with van der Waals surface area (Å²) in [6.45, 7) is 0. The molecule has 4 atom stereocenters. The fourth-order valence-corrected chi connectivity index (χ4v) is 3.87. The highest BCUT2D eigenvalue weighted by Gasteiger charge is 2.46. The number of benzene rings is 1. The Bertz CT molecular complexity index is 531. The SMILES string of the molecule is CN1C2CCC1[C@@H](C=CCl)[C@@H](OC(=O)c1ccccc1)C2. The summed E-state index contributed by atoms with van der Waals surface area (Å²) < 4.78 is 5.80. The van der Waals surface area contributed by atoms with E-state index in [0.29, 0.717) is 17.6 Å². The molecule has 112 valence electrons. The number of halogens is 1. The first-order valence-corrected chi connectivity index (χ1v) is 7.89. The predicted molar refractivity (Wildman–Crippen MR) is 83.3 cm³/mol. The molecule has 0 saturated carbocycles. The van der Waals surface area contributed by atoms with Crippen LogP contribution in [-0.4, -0.2) is 36.1 Å². The minimum atomic E-state index is -0.238. The third kappa shape index (κ3) is 2.85. The fourth-order valence-electron chi connectivity index (χ4n) is 3.70. The average molecular weight is 306 g/mol. The zero-order chi connectivity index (χ0) is 14.8. The Morgan fingerprint density at radius 1 is 1.33 bits per heavy atom. The number of rotatable bonds is 3. The van der Waals surface area contributed by atoms with E-state index in [1.807, 2.05) is 24.3 Å². The van der Waals surface area contributed by atoms with Gasteiger partial charge in [-0.05, 0) is 32.0 Å². The number of esters is 1. The molecule has 0 aliphatic carbocycles. The third-order valence-corrected chi connectivity index (χ3v) is 4.98. The molecule has 4 heteroatoms. The number of carbonyl (C=O) groups excluding carboxylic acids is 1. The Hall–Kier alpha value is -1.32. The lowest BCUT2D eigenvalue weighted by molar-refractivity contribution is -0.0208. The molecular weight excluding hydrogens is 286 g/mol. The van der Waals surface area contributed by atoms with Crippen LogP contribution in [0.25, 0.3) is 0 Å². The first-order chi connectivity index (χ1) is 10.2. The van der Waals surface area contributed by atoms with Gasteiger partial charge in [0.05, 0.1) is 5.56 Å². The molecule has 2 saturated heterocycles. The zero-order valence-electron chi connectivity index (χ0n) is 12.1. The van der Waals surface area contributed by atoms with E-state index in [1.54, 1.807) is 17.7 Å². The maximum absolute atomic E-state index is 12.3. The van der Waals surface area contributed by atoms with E-state index in [1.165, 1.54) is 6.42 Å². The van der Waals surface area contributed by atoms with Crippen LogP contribution in [0.2, 0.25) is 0 Å². The minimum absolute atomic E-state index is 0.0820. The molecule has 2 bridgehead atoms. The normalized spacial score (nSPS) is 32.5. The van der Waals surface area contributed by atoms with E-state index in [2.05, 4.69) is 11.9 Å². The fraction of sp³-hybridized carbons (Fsp3) is 0.471. The number of fused-ring (bicyclic) bond motifs is 2. The topological polar surface area (TPSA) is 29.5 Å². The highest BCUT2D eigenvalue weighted by Crippen LogP contribution is 2.40. The van der Waals surface area contributed by atoms with E-state index in [9.17, 15) is 4.79 Å². The smallest absolute Gasteiger partial charge is 0.338 e. The number of ether oxygens (including phenoxy) is 1. The highest BCUT2D eigenvalue weighted by atomic mass is 35.5. The van der Waals surface area contributed by atoms with Crippen molar-refractivity contribution in [2.45, 2.75) is 37.5 Å². The lowest BCUT2D eigenvalue weighted by Gasteiger charge is -2.41. The van der Waals surface area contributed by atoms with Gasteiger partial charge in [0.2, 0.25) is 0 Å². The van der Waals surface area contributed by atoms with Gasteiger partial charge in [-0.1, -0.05) is 35.9 Å². The summed E-state index contributed by atoms with van der Waals surface area (Å²) in [6, 6.07) is 10.1. The van der Waals surface area contributed by atoms with Crippen LogP contribution in [0.15, 0.2) is 41.9 Å². The highest BCUT2D eigenvalue weighted by molar-refractivity contribution is 6.25. The number of hydrogen-bond acceptors (Lipinski definition) is 3. The van der Waals surface area contributed by atoms with Gasteiger partial charge in [-0.2, -0.15) is 0 Å². The molecule has 2 unspecified atom stereocenters. The maximum Gasteiger partial charge on any atom is 0.338 e. The van der Waals surface area contributed by atoms with Crippen LogP contribution in [0.3, 0.4) is 0 Å². The lowest BCUT2D eigenvalue weighted by atomic mass is 9.87. The Morgan fingerprint density at radius 3 is 2.81 bits per heavy atom. The second-order valence-electron chi connectivity index (χ2n) is 5.91. The van der Waals surface area contributed by atoms with Gasteiger partial charge in [-0.3, -0.25) is 4.90 Å². The van der Waals surface area contributed by atoms with Crippen LogP contribution < -0.4 is 0 Å². The van der Waals surface area contributed by atoms with Crippen LogP contribution in [0.4, 0.5) is 0 Å². The summed E-state index contributed by atoms with van der Waals surface area (Å²) in [5.74, 6) is -0.0589. The molecule has 1 aromatic rings. The van der Waals surface area contributed by atoms with Crippen LogP contribution in [0.1, 0.15) is 29.6 Å². The van der Waals surface area contributed by atoms with Gasteiger partial charge < -0.3 is 4.74 Å². The number of nitrogens with zero attached hydrogens (tertiary/aromatic N) is 1. The number of carbonyl (C=O) groups is 1. The van der Waals surface area contributed by atoms with Crippen molar-refractivity contribution >= 4 is 17.6 Å². The van der Waals surface area contributed by atoms with Crippen molar-refractivity contribution in [2.24, 2.45) is 5.92 Å². The molecule has 2 aliphatic heterocycles. The van der Waals surface area contributed by atoms with Gasteiger partial charge in [0.15, 0.2) is 0 Å². The Labute approximate surface area is 130 Å². The Morgan fingerprint density at radius 2 is 2.10 bits per heavy atom. The van der Waals surface area contributed by atoms with Crippen molar-refractivity contribution in [3.63, 3.8) is 0 Å². The van der Waals surface area contributed by atoms with Crippen LogP contribution in [0.5, 0.6) is 0 Å². The second-order valence-corrected chi connectivity index (χ2v) is 6.16. The molecule has 0 N–H and O–H groups in total. The minimum Gasteiger partial charge on any atom is -0.458 e. The third-order valence-electron chi connectivity index (χ3n) is 4.84. The molecule has 21 heavy (non-hydrogen) atoms. The summed E-state index contributed by atoms with van der Waals surface area (Å²) >= 11 is 5.80. The first kappa shape index (κ1) is 14.6. The van der Waals surface area contributed by atoms with Gasteiger partial charge in [-0.25, -0.2) is 4.79 Å². The number of piperidine rings is 1. The maximum atomic E-state index is 12.3. The van der Waals surface area contributed by atoms with Gasteiger partial charge in [-0.15, -0.1) is 0 Å². The average Bonchev–Trinajstić information content (AvgIpc) is 2.75. The molecule has 2 heterocycles. The summed E-state index contributed by atoms with van der Waals surface area (Å²) in [5.41, 5.74) is 2.16. The predicted octanol–water partition coefficient (Wildman–Crippen LogP) is 3.45. The zero-order valence-corrected chi connectivity index (χ0v) is 12.9. The molecule has 0 amide bonds. The van der Waals surface area contributed by atoms with Crippen molar-refractivity contribution in [3.05, 3.63) is 47.5 Å². The first-order valence-electron chi connectivity index (χ1n) is 7.45. The van der Waals surface area contributed by atoms with Crippen LogP contribution >= 0.6 is 11.6 Å². The van der Waals surface area contributed by atoms with Gasteiger partial charge >= 0.3 is 5.97 Å². The molecule has 0 aromatic heterocycles. The summed E-state index contributed by atoms with van der Waals surface area (Å²) in [4.78, 5) is 14.7. The molecular formula is C17H20ClNO2. The molecule has 0 spiro atoms. The quantitative estimate of drug-likeness (QED) is 0.801. The summed E-state index contributed by atoms with van der Waals surface area (Å²) in [6.07, 6.45) is 5.10. The van der Waals surface area contributed by atoms with Crippen molar-refractivity contribution < 1.29 is 9.53 Å². The van der Waals surface area contributed by atoms with Gasteiger partial charge in [0.25, 0.3) is 0 Å². The van der Waals surface area contributed by atoms with Crippen molar-refractivity contribution in [3.8, 4) is 0 Å². The van der Waals surface area contributed by atoms with E-state index in [0.717, 1.165) is 12.8 Å². The monoisotopic (exact) mass is 305 g/mol. The molecule has 2 fully saturated rings. The van der Waals surface area contributed by atoms with Crippen LogP contribution in [-0.2, 0) is 4.74 Å². The summed E-state index contributed by atoms with van der Waals surface area (Å²) in [5, 5.41) is 0. The molecule has 1 aromatic carbocycles. The standard InChI is InChI=1S/C17H20ClNO2/c1-19-13-7-8-15(19)14(9-10-18)16(11-13)21-17(20)12-5-3-2-4-6-12/h2-6,9-10,13-16H,7-8,11H2,1H3/t13?,14-,15?,16+/m1/s1. The van der Waals surface area contributed by atoms with Gasteiger partial charge in [0.1, 0.15) is 6.10 Å². The Kier molecular flexibility index (Phi) is 4.32. The molecule has 2 aliphatic rings. The lowest BCUT2D eigenvalue weighted by Crippen LogP contribution is -2.49.